The Hall–Kier alpha value is -1.71. The van der Waals surface area contributed by atoms with Crippen LogP contribution in [0.25, 0.3) is 0 Å². The minimum absolute atomic E-state index is 0.0409. The number of hydrogen-bond acceptors (Lipinski definition) is 3. The fourth-order valence-corrected chi connectivity index (χ4v) is 2.19. The number of likely N-dealkylation sites (N-methyl/N-ethyl adjacent to an activating group) is 1. The zero-order valence-corrected chi connectivity index (χ0v) is 12.2. The normalized spacial score (nSPS) is 10.8. The molecule has 20 heavy (non-hydrogen) atoms. The van der Waals surface area contributed by atoms with Crippen molar-refractivity contribution < 1.29 is 4.79 Å². The first-order valence-electron chi connectivity index (χ1n) is 6.53. The molecular weight excluding hydrogens is 272 g/mol. The molecule has 0 spiro atoms. The molecule has 1 aromatic heterocycles. The standard InChI is InChI=1S/C16H17ClN2O/c1-19(11-9-13-6-4-5-10-18-13)12-16(20)14-7-2-3-8-15(14)17/h2-8,10H,9,11-12H2,1H3. The summed E-state index contributed by atoms with van der Waals surface area (Å²) in [4.78, 5) is 18.4. The molecule has 0 aliphatic heterocycles. The first kappa shape index (κ1) is 14.7. The quantitative estimate of drug-likeness (QED) is 0.766. The van der Waals surface area contributed by atoms with Gasteiger partial charge in [0.1, 0.15) is 0 Å². The summed E-state index contributed by atoms with van der Waals surface area (Å²) in [6, 6.07) is 13.0. The van der Waals surface area contributed by atoms with Gasteiger partial charge in [-0.25, -0.2) is 0 Å². The number of pyridine rings is 1. The molecule has 0 unspecified atom stereocenters. The third-order valence-corrected chi connectivity index (χ3v) is 3.39. The molecule has 0 saturated heterocycles. The van der Waals surface area contributed by atoms with E-state index in [-0.39, 0.29) is 5.78 Å². The van der Waals surface area contributed by atoms with E-state index >= 15 is 0 Å². The van der Waals surface area contributed by atoms with Crippen LogP contribution >= 0.6 is 11.6 Å². The number of carbonyl (C=O) groups is 1. The molecule has 0 fully saturated rings. The molecule has 1 heterocycles. The summed E-state index contributed by atoms with van der Waals surface area (Å²) in [5, 5.41) is 0.510. The Morgan fingerprint density at radius 3 is 2.65 bits per heavy atom. The Morgan fingerprint density at radius 2 is 1.95 bits per heavy atom. The maximum atomic E-state index is 12.1. The second kappa shape index (κ2) is 7.17. The summed E-state index contributed by atoms with van der Waals surface area (Å²) in [6.45, 7) is 1.14. The van der Waals surface area contributed by atoms with Crippen molar-refractivity contribution >= 4 is 17.4 Å². The largest absolute Gasteiger partial charge is 0.299 e. The van der Waals surface area contributed by atoms with E-state index in [2.05, 4.69) is 4.98 Å². The summed E-state index contributed by atoms with van der Waals surface area (Å²) in [5.74, 6) is 0.0409. The van der Waals surface area contributed by atoms with Gasteiger partial charge in [0.2, 0.25) is 0 Å². The molecule has 104 valence electrons. The maximum Gasteiger partial charge on any atom is 0.178 e. The third kappa shape index (κ3) is 4.15. The van der Waals surface area contributed by atoms with Crippen LogP contribution in [0.1, 0.15) is 16.1 Å². The summed E-state index contributed by atoms with van der Waals surface area (Å²) < 4.78 is 0. The SMILES string of the molecule is CN(CCc1ccccn1)CC(=O)c1ccccc1Cl. The molecule has 0 N–H and O–H groups in total. The highest BCUT2D eigenvalue weighted by Gasteiger charge is 2.12. The molecule has 0 radical (unpaired) electrons. The Morgan fingerprint density at radius 1 is 1.20 bits per heavy atom. The predicted molar refractivity (Wildman–Crippen MR) is 81.2 cm³/mol. The van der Waals surface area contributed by atoms with Crippen LogP contribution in [0.4, 0.5) is 0 Å². The highest BCUT2D eigenvalue weighted by atomic mass is 35.5. The number of aromatic nitrogens is 1. The van der Waals surface area contributed by atoms with Crippen LogP contribution < -0.4 is 0 Å². The third-order valence-electron chi connectivity index (χ3n) is 3.06. The van der Waals surface area contributed by atoms with Crippen molar-refractivity contribution in [2.24, 2.45) is 0 Å². The summed E-state index contributed by atoms with van der Waals surface area (Å²) in [7, 11) is 1.93. The lowest BCUT2D eigenvalue weighted by Crippen LogP contribution is -2.28. The lowest BCUT2D eigenvalue weighted by molar-refractivity contribution is 0.0947. The van der Waals surface area contributed by atoms with E-state index < -0.39 is 0 Å². The Labute approximate surface area is 124 Å². The van der Waals surface area contributed by atoms with Gasteiger partial charge in [-0.1, -0.05) is 29.8 Å². The highest BCUT2D eigenvalue weighted by Crippen LogP contribution is 2.15. The molecule has 4 heteroatoms. The van der Waals surface area contributed by atoms with Crippen molar-refractivity contribution in [1.29, 1.82) is 0 Å². The summed E-state index contributed by atoms with van der Waals surface area (Å²) in [5.41, 5.74) is 1.61. The van der Waals surface area contributed by atoms with Crippen molar-refractivity contribution in [3.63, 3.8) is 0 Å². The van der Waals surface area contributed by atoms with E-state index in [0.717, 1.165) is 18.7 Å². The molecule has 0 saturated carbocycles. The van der Waals surface area contributed by atoms with Crippen LogP contribution in [-0.2, 0) is 6.42 Å². The van der Waals surface area contributed by atoms with E-state index in [1.807, 2.05) is 42.3 Å². The number of Topliss-reactive ketones (excluding diaryl/α,β-unsaturated/α-hetero) is 1. The van der Waals surface area contributed by atoms with Gasteiger partial charge in [-0.05, 0) is 31.3 Å². The van der Waals surface area contributed by atoms with Crippen LogP contribution in [0.3, 0.4) is 0 Å². The van der Waals surface area contributed by atoms with Crippen molar-refractivity contribution in [1.82, 2.24) is 9.88 Å². The van der Waals surface area contributed by atoms with Gasteiger partial charge in [0.25, 0.3) is 0 Å². The monoisotopic (exact) mass is 288 g/mol. The van der Waals surface area contributed by atoms with Crippen molar-refractivity contribution in [2.45, 2.75) is 6.42 Å². The molecule has 2 aromatic rings. The van der Waals surface area contributed by atoms with Gasteiger partial charge < -0.3 is 0 Å². The van der Waals surface area contributed by atoms with E-state index in [9.17, 15) is 4.79 Å². The Kier molecular flexibility index (Phi) is 5.27. The molecular formula is C16H17ClN2O. The lowest BCUT2D eigenvalue weighted by atomic mass is 10.1. The summed E-state index contributed by atoms with van der Waals surface area (Å²) >= 11 is 6.03. The second-order valence-electron chi connectivity index (χ2n) is 4.71. The molecule has 0 aliphatic rings. The van der Waals surface area contributed by atoms with Gasteiger partial charge in [0.15, 0.2) is 5.78 Å². The number of rotatable bonds is 6. The highest BCUT2D eigenvalue weighted by molar-refractivity contribution is 6.34. The number of halogens is 1. The van der Waals surface area contributed by atoms with E-state index in [1.54, 1.807) is 18.3 Å². The number of ketones is 1. The fourth-order valence-electron chi connectivity index (χ4n) is 1.95. The van der Waals surface area contributed by atoms with E-state index in [0.29, 0.717) is 17.1 Å². The molecule has 3 nitrogen and oxygen atoms in total. The second-order valence-corrected chi connectivity index (χ2v) is 5.12. The summed E-state index contributed by atoms with van der Waals surface area (Å²) in [6.07, 6.45) is 2.61. The van der Waals surface area contributed by atoms with Gasteiger partial charge in [0.05, 0.1) is 11.6 Å². The Balaban J connectivity index is 1.87. The molecule has 0 amide bonds. The van der Waals surface area contributed by atoms with Crippen LogP contribution in [0.15, 0.2) is 48.7 Å². The van der Waals surface area contributed by atoms with Crippen LogP contribution in [0, 0.1) is 0 Å². The smallest absolute Gasteiger partial charge is 0.178 e. The van der Waals surface area contributed by atoms with E-state index in [1.165, 1.54) is 0 Å². The minimum Gasteiger partial charge on any atom is -0.299 e. The van der Waals surface area contributed by atoms with Crippen LogP contribution in [0.2, 0.25) is 5.02 Å². The van der Waals surface area contributed by atoms with Gasteiger partial charge in [-0.2, -0.15) is 0 Å². The van der Waals surface area contributed by atoms with Gasteiger partial charge >= 0.3 is 0 Å². The number of carbonyl (C=O) groups excluding carboxylic acids is 1. The molecule has 1 aromatic carbocycles. The van der Waals surface area contributed by atoms with Crippen LogP contribution in [-0.4, -0.2) is 35.8 Å². The van der Waals surface area contributed by atoms with Gasteiger partial charge in [0, 0.05) is 30.4 Å². The lowest BCUT2D eigenvalue weighted by Gasteiger charge is -2.15. The average molecular weight is 289 g/mol. The Bertz CT molecular complexity index is 572. The fraction of sp³-hybridized carbons (Fsp3) is 0.250. The molecule has 0 aliphatic carbocycles. The minimum atomic E-state index is 0.0409. The van der Waals surface area contributed by atoms with Crippen molar-refractivity contribution in [3.05, 3.63) is 64.9 Å². The van der Waals surface area contributed by atoms with Gasteiger partial charge in [-0.15, -0.1) is 0 Å². The van der Waals surface area contributed by atoms with E-state index in [4.69, 9.17) is 11.6 Å². The van der Waals surface area contributed by atoms with Crippen molar-refractivity contribution in [2.75, 3.05) is 20.1 Å². The first-order valence-corrected chi connectivity index (χ1v) is 6.91. The molecule has 2 rings (SSSR count). The molecule has 0 atom stereocenters. The first-order chi connectivity index (χ1) is 9.66. The van der Waals surface area contributed by atoms with Crippen LogP contribution in [0.5, 0.6) is 0 Å². The number of benzene rings is 1. The average Bonchev–Trinajstić information content (AvgIpc) is 2.46. The predicted octanol–water partition coefficient (Wildman–Crippen LogP) is 3.09. The maximum absolute atomic E-state index is 12.1. The molecule has 0 bridgehead atoms. The zero-order valence-electron chi connectivity index (χ0n) is 11.4. The zero-order chi connectivity index (χ0) is 14.4. The number of nitrogens with zero attached hydrogens (tertiary/aromatic N) is 2. The topological polar surface area (TPSA) is 33.2 Å². The van der Waals surface area contributed by atoms with Crippen molar-refractivity contribution in [3.8, 4) is 0 Å². The number of hydrogen-bond donors (Lipinski definition) is 0. The van der Waals surface area contributed by atoms with Gasteiger partial charge in [-0.3, -0.25) is 14.7 Å².